The second-order valence-corrected chi connectivity index (χ2v) is 4.31. The van der Waals surface area contributed by atoms with Crippen LogP contribution in [0.3, 0.4) is 0 Å². The summed E-state index contributed by atoms with van der Waals surface area (Å²) in [5, 5.41) is 1.90. The quantitative estimate of drug-likeness (QED) is 0.809. The maximum absolute atomic E-state index is 11.9. The predicted molar refractivity (Wildman–Crippen MR) is 59.1 cm³/mol. The van der Waals surface area contributed by atoms with Gasteiger partial charge in [0.1, 0.15) is 5.76 Å². The first kappa shape index (κ1) is 10.1. The summed E-state index contributed by atoms with van der Waals surface area (Å²) in [6, 6.07) is 5.21. The molecular formula is C11H11NO2S. The molecule has 78 valence electrons. The van der Waals surface area contributed by atoms with Gasteiger partial charge >= 0.3 is 0 Å². The van der Waals surface area contributed by atoms with E-state index in [-0.39, 0.29) is 5.78 Å². The highest BCUT2D eigenvalue weighted by Gasteiger charge is 2.15. The molecule has 0 radical (unpaired) electrons. The summed E-state index contributed by atoms with van der Waals surface area (Å²) in [7, 11) is 0. The summed E-state index contributed by atoms with van der Waals surface area (Å²) < 4.78 is 5.30. The fourth-order valence-corrected chi connectivity index (χ4v) is 2.06. The Morgan fingerprint density at radius 1 is 1.47 bits per heavy atom. The van der Waals surface area contributed by atoms with Gasteiger partial charge in [-0.1, -0.05) is 0 Å². The van der Waals surface area contributed by atoms with Crippen LogP contribution in [0, 0.1) is 6.92 Å². The largest absolute Gasteiger partial charge is 0.456 e. The zero-order valence-electron chi connectivity index (χ0n) is 8.32. The molecule has 15 heavy (non-hydrogen) atoms. The Bertz CT molecular complexity index is 484. The SMILES string of the molecule is Cc1sccc1C(=O)c1ccc(CN)o1. The van der Waals surface area contributed by atoms with Crippen molar-refractivity contribution in [3.63, 3.8) is 0 Å². The molecule has 3 nitrogen and oxygen atoms in total. The Balaban J connectivity index is 2.32. The Labute approximate surface area is 91.5 Å². The molecular weight excluding hydrogens is 210 g/mol. The standard InChI is InChI=1S/C11H11NO2S/c1-7-9(4-5-15-7)11(13)10-3-2-8(6-12)14-10/h2-5H,6,12H2,1H3. The van der Waals surface area contributed by atoms with Crippen LogP contribution < -0.4 is 5.73 Å². The van der Waals surface area contributed by atoms with Crippen LogP contribution in [0.4, 0.5) is 0 Å². The van der Waals surface area contributed by atoms with E-state index in [1.165, 1.54) is 0 Å². The average molecular weight is 221 g/mol. The lowest BCUT2D eigenvalue weighted by Crippen LogP contribution is -1.99. The molecule has 0 aliphatic heterocycles. The van der Waals surface area contributed by atoms with Crippen molar-refractivity contribution in [2.75, 3.05) is 0 Å². The van der Waals surface area contributed by atoms with E-state index in [0.717, 1.165) is 4.88 Å². The number of nitrogens with two attached hydrogens (primary N) is 1. The van der Waals surface area contributed by atoms with Crippen LogP contribution in [0.5, 0.6) is 0 Å². The summed E-state index contributed by atoms with van der Waals surface area (Å²) in [4.78, 5) is 12.9. The van der Waals surface area contributed by atoms with Crippen molar-refractivity contribution in [3.8, 4) is 0 Å². The maximum atomic E-state index is 11.9. The molecule has 0 aliphatic rings. The van der Waals surface area contributed by atoms with E-state index in [0.29, 0.717) is 23.6 Å². The molecule has 0 saturated carbocycles. The summed E-state index contributed by atoms with van der Waals surface area (Å²) in [6.45, 7) is 2.24. The van der Waals surface area contributed by atoms with Crippen molar-refractivity contribution in [1.29, 1.82) is 0 Å². The number of hydrogen-bond acceptors (Lipinski definition) is 4. The Morgan fingerprint density at radius 3 is 2.80 bits per heavy atom. The molecule has 0 amide bonds. The van der Waals surface area contributed by atoms with Gasteiger partial charge in [0.15, 0.2) is 5.76 Å². The van der Waals surface area contributed by atoms with Gasteiger partial charge in [0.2, 0.25) is 5.78 Å². The molecule has 0 bridgehead atoms. The third-order valence-electron chi connectivity index (χ3n) is 2.19. The minimum atomic E-state index is -0.0755. The van der Waals surface area contributed by atoms with E-state index in [2.05, 4.69) is 0 Å². The number of aryl methyl sites for hydroxylation is 1. The molecule has 4 heteroatoms. The number of hydrogen-bond donors (Lipinski definition) is 1. The second kappa shape index (κ2) is 4.00. The van der Waals surface area contributed by atoms with Gasteiger partial charge in [0, 0.05) is 10.4 Å². The predicted octanol–water partition coefficient (Wildman–Crippen LogP) is 2.34. The fraction of sp³-hybridized carbons (Fsp3) is 0.182. The lowest BCUT2D eigenvalue weighted by molar-refractivity contribution is 0.101. The zero-order chi connectivity index (χ0) is 10.8. The van der Waals surface area contributed by atoms with Crippen LogP contribution in [0.15, 0.2) is 28.0 Å². The Morgan fingerprint density at radius 2 is 2.27 bits per heavy atom. The molecule has 0 fully saturated rings. The van der Waals surface area contributed by atoms with Gasteiger partial charge in [-0.15, -0.1) is 11.3 Å². The van der Waals surface area contributed by atoms with Gasteiger partial charge in [-0.3, -0.25) is 4.79 Å². The van der Waals surface area contributed by atoms with Crippen LogP contribution in [-0.2, 0) is 6.54 Å². The molecule has 2 aromatic heterocycles. The first-order valence-corrected chi connectivity index (χ1v) is 5.48. The molecule has 2 rings (SSSR count). The Kier molecular flexibility index (Phi) is 2.70. The van der Waals surface area contributed by atoms with Gasteiger partial charge in [0.25, 0.3) is 0 Å². The van der Waals surface area contributed by atoms with E-state index in [1.54, 1.807) is 23.5 Å². The Hall–Kier alpha value is -1.39. The first-order valence-electron chi connectivity index (χ1n) is 4.60. The van der Waals surface area contributed by atoms with E-state index in [4.69, 9.17) is 10.2 Å². The molecule has 0 atom stereocenters. The van der Waals surface area contributed by atoms with E-state index >= 15 is 0 Å². The topological polar surface area (TPSA) is 56.2 Å². The van der Waals surface area contributed by atoms with Crippen LogP contribution in [0.1, 0.15) is 26.8 Å². The van der Waals surface area contributed by atoms with Crippen LogP contribution >= 0.6 is 11.3 Å². The molecule has 2 N–H and O–H groups in total. The van der Waals surface area contributed by atoms with Gasteiger partial charge in [-0.25, -0.2) is 0 Å². The second-order valence-electron chi connectivity index (χ2n) is 3.19. The van der Waals surface area contributed by atoms with Crippen molar-refractivity contribution in [2.45, 2.75) is 13.5 Å². The summed E-state index contributed by atoms with van der Waals surface area (Å²) >= 11 is 1.55. The third kappa shape index (κ3) is 1.86. The highest BCUT2D eigenvalue weighted by molar-refractivity contribution is 7.10. The molecule has 0 unspecified atom stereocenters. The highest BCUT2D eigenvalue weighted by Crippen LogP contribution is 2.20. The van der Waals surface area contributed by atoms with Crippen molar-refractivity contribution in [3.05, 3.63) is 45.5 Å². The van der Waals surface area contributed by atoms with Gasteiger partial charge < -0.3 is 10.2 Å². The van der Waals surface area contributed by atoms with Crippen molar-refractivity contribution in [2.24, 2.45) is 5.73 Å². The van der Waals surface area contributed by atoms with Crippen LogP contribution in [0.2, 0.25) is 0 Å². The molecule has 2 aromatic rings. The molecule has 0 spiro atoms. The lowest BCUT2D eigenvalue weighted by Gasteiger charge is -1.95. The van der Waals surface area contributed by atoms with E-state index < -0.39 is 0 Å². The van der Waals surface area contributed by atoms with Gasteiger partial charge in [-0.2, -0.15) is 0 Å². The van der Waals surface area contributed by atoms with Crippen molar-refractivity contribution >= 4 is 17.1 Å². The zero-order valence-corrected chi connectivity index (χ0v) is 9.14. The maximum Gasteiger partial charge on any atom is 0.229 e. The molecule has 0 aromatic carbocycles. The summed E-state index contributed by atoms with van der Waals surface area (Å²) in [6.07, 6.45) is 0. The molecule has 0 saturated heterocycles. The number of rotatable bonds is 3. The smallest absolute Gasteiger partial charge is 0.229 e. The molecule has 0 aliphatic carbocycles. The van der Waals surface area contributed by atoms with Crippen LogP contribution in [-0.4, -0.2) is 5.78 Å². The minimum absolute atomic E-state index is 0.0755. The number of carbonyl (C=O) groups excluding carboxylic acids is 1. The number of ketones is 1. The van der Waals surface area contributed by atoms with Crippen molar-refractivity contribution < 1.29 is 9.21 Å². The average Bonchev–Trinajstić information content (AvgIpc) is 2.84. The monoisotopic (exact) mass is 221 g/mol. The lowest BCUT2D eigenvalue weighted by atomic mass is 10.1. The number of thiophene rings is 1. The van der Waals surface area contributed by atoms with E-state index in [9.17, 15) is 4.79 Å². The highest BCUT2D eigenvalue weighted by atomic mass is 32.1. The third-order valence-corrected chi connectivity index (χ3v) is 3.04. The summed E-state index contributed by atoms with van der Waals surface area (Å²) in [5.41, 5.74) is 6.12. The first-order chi connectivity index (χ1) is 7.22. The normalized spacial score (nSPS) is 10.5. The number of furan rings is 1. The van der Waals surface area contributed by atoms with E-state index in [1.807, 2.05) is 18.4 Å². The van der Waals surface area contributed by atoms with Gasteiger partial charge in [0.05, 0.1) is 6.54 Å². The summed E-state index contributed by atoms with van der Waals surface area (Å²) in [5.74, 6) is 0.914. The fourth-order valence-electron chi connectivity index (χ4n) is 1.36. The van der Waals surface area contributed by atoms with Gasteiger partial charge in [-0.05, 0) is 30.5 Å². The van der Waals surface area contributed by atoms with Crippen LogP contribution in [0.25, 0.3) is 0 Å². The molecule has 2 heterocycles. The van der Waals surface area contributed by atoms with Crippen molar-refractivity contribution in [1.82, 2.24) is 0 Å². The number of carbonyl (C=O) groups is 1. The minimum Gasteiger partial charge on any atom is -0.456 e.